The van der Waals surface area contributed by atoms with Gasteiger partial charge in [0.15, 0.2) is 0 Å². The molecule has 1 saturated carbocycles. The van der Waals surface area contributed by atoms with Crippen molar-refractivity contribution in [3.8, 4) is 0 Å². The van der Waals surface area contributed by atoms with Crippen LogP contribution in [0.5, 0.6) is 0 Å². The maximum Gasteiger partial charge on any atom is 0.143 e. The molecule has 0 heterocycles. The lowest BCUT2D eigenvalue weighted by Crippen LogP contribution is -2.26. The first-order valence-electron chi connectivity index (χ1n) is 5.47. The van der Waals surface area contributed by atoms with Gasteiger partial charge in [0.2, 0.25) is 0 Å². The van der Waals surface area contributed by atoms with Crippen molar-refractivity contribution in [2.75, 3.05) is 0 Å². The Balaban J connectivity index is 2.23. The Morgan fingerprint density at radius 3 is 2.69 bits per heavy atom. The van der Waals surface area contributed by atoms with Crippen LogP contribution in [0.1, 0.15) is 24.8 Å². The van der Waals surface area contributed by atoms with Gasteiger partial charge in [-0.05, 0) is 53.2 Å². The Morgan fingerprint density at radius 1 is 1.31 bits per heavy atom. The van der Waals surface area contributed by atoms with Crippen LogP contribution in [0, 0.1) is 17.6 Å². The lowest BCUT2D eigenvalue weighted by molar-refractivity contribution is 0.449. The summed E-state index contributed by atoms with van der Waals surface area (Å²) >= 11 is 3.07. The number of rotatable bonds is 2. The molecular weight excluding hydrogens is 276 g/mol. The van der Waals surface area contributed by atoms with E-state index >= 15 is 0 Å². The fourth-order valence-corrected chi connectivity index (χ4v) is 2.71. The first kappa shape index (κ1) is 12.0. The highest BCUT2D eigenvalue weighted by molar-refractivity contribution is 9.10. The molecule has 0 bridgehead atoms. The van der Waals surface area contributed by atoms with E-state index in [9.17, 15) is 8.78 Å². The second-order valence-electron chi connectivity index (χ2n) is 4.38. The van der Waals surface area contributed by atoms with Crippen LogP contribution >= 0.6 is 15.9 Å². The topological polar surface area (TPSA) is 26.0 Å². The van der Waals surface area contributed by atoms with Gasteiger partial charge in [-0.15, -0.1) is 0 Å². The Labute approximate surface area is 102 Å². The first-order chi connectivity index (χ1) is 7.59. The summed E-state index contributed by atoms with van der Waals surface area (Å²) in [4.78, 5) is 0. The van der Waals surface area contributed by atoms with Gasteiger partial charge in [-0.1, -0.05) is 6.42 Å². The van der Waals surface area contributed by atoms with Crippen LogP contribution in [0.3, 0.4) is 0 Å². The number of halogens is 3. The molecule has 1 aromatic rings. The molecule has 16 heavy (non-hydrogen) atoms. The standard InChI is InChI=1S/C12H14BrF2N/c13-9-4-5-10(14)8(12(9)15)6-7-2-1-3-11(7)16/h4-5,7,11H,1-3,6,16H2. The summed E-state index contributed by atoms with van der Waals surface area (Å²) < 4.78 is 27.5. The molecule has 0 spiro atoms. The van der Waals surface area contributed by atoms with Crippen LogP contribution in [0.4, 0.5) is 8.78 Å². The van der Waals surface area contributed by atoms with Crippen LogP contribution < -0.4 is 5.73 Å². The Hall–Kier alpha value is -0.480. The van der Waals surface area contributed by atoms with Crippen LogP contribution in [-0.2, 0) is 6.42 Å². The lowest BCUT2D eigenvalue weighted by atomic mass is 9.94. The van der Waals surface area contributed by atoms with E-state index in [-0.39, 0.29) is 17.5 Å². The minimum absolute atomic E-state index is 0.0813. The summed E-state index contributed by atoms with van der Waals surface area (Å²) in [5.74, 6) is -0.753. The maximum absolute atomic E-state index is 13.7. The van der Waals surface area contributed by atoms with Crippen LogP contribution in [0.2, 0.25) is 0 Å². The van der Waals surface area contributed by atoms with Gasteiger partial charge in [-0.2, -0.15) is 0 Å². The third-order valence-corrected chi connectivity index (χ3v) is 3.94. The Bertz CT molecular complexity index is 395. The van der Waals surface area contributed by atoms with E-state index in [0.717, 1.165) is 19.3 Å². The van der Waals surface area contributed by atoms with Gasteiger partial charge in [0.25, 0.3) is 0 Å². The summed E-state index contributed by atoms with van der Waals surface area (Å²) in [6.07, 6.45) is 3.38. The summed E-state index contributed by atoms with van der Waals surface area (Å²) in [7, 11) is 0. The molecule has 0 saturated heterocycles. The van der Waals surface area contributed by atoms with E-state index in [1.165, 1.54) is 12.1 Å². The average Bonchev–Trinajstić information content (AvgIpc) is 2.65. The van der Waals surface area contributed by atoms with E-state index in [4.69, 9.17) is 5.73 Å². The largest absolute Gasteiger partial charge is 0.327 e. The highest BCUT2D eigenvalue weighted by Gasteiger charge is 2.26. The van der Waals surface area contributed by atoms with E-state index in [1.54, 1.807) is 0 Å². The van der Waals surface area contributed by atoms with E-state index in [2.05, 4.69) is 15.9 Å². The fourth-order valence-electron chi connectivity index (χ4n) is 2.34. The highest BCUT2D eigenvalue weighted by Crippen LogP contribution is 2.30. The van der Waals surface area contributed by atoms with E-state index in [0.29, 0.717) is 10.9 Å². The molecule has 88 valence electrons. The minimum Gasteiger partial charge on any atom is -0.327 e. The van der Waals surface area contributed by atoms with Crippen molar-refractivity contribution in [3.05, 3.63) is 33.8 Å². The SMILES string of the molecule is NC1CCCC1Cc1c(F)ccc(Br)c1F. The molecule has 0 radical (unpaired) electrons. The predicted molar refractivity (Wildman–Crippen MR) is 63.1 cm³/mol. The summed E-state index contributed by atoms with van der Waals surface area (Å²) in [5, 5.41) is 0. The van der Waals surface area contributed by atoms with Gasteiger partial charge in [0, 0.05) is 11.6 Å². The molecule has 2 N–H and O–H groups in total. The van der Waals surface area contributed by atoms with Gasteiger partial charge in [-0.25, -0.2) is 8.78 Å². The van der Waals surface area contributed by atoms with Crippen LogP contribution in [0.25, 0.3) is 0 Å². The zero-order valence-corrected chi connectivity index (χ0v) is 10.4. The monoisotopic (exact) mass is 289 g/mol. The van der Waals surface area contributed by atoms with E-state index < -0.39 is 11.6 Å². The van der Waals surface area contributed by atoms with Gasteiger partial charge in [0.1, 0.15) is 11.6 Å². The minimum atomic E-state index is -0.487. The molecule has 1 nitrogen and oxygen atoms in total. The van der Waals surface area contributed by atoms with Gasteiger partial charge in [-0.3, -0.25) is 0 Å². The molecule has 2 rings (SSSR count). The molecule has 0 amide bonds. The lowest BCUT2D eigenvalue weighted by Gasteiger charge is -2.16. The third kappa shape index (κ3) is 2.28. The highest BCUT2D eigenvalue weighted by atomic mass is 79.9. The van der Waals surface area contributed by atoms with Crippen LogP contribution in [-0.4, -0.2) is 6.04 Å². The van der Waals surface area contributed by atoms with Gasteiger partial charge in [0.05, 0.1) is 4.47 Å². The zero-order valence-electron chi connectivity index (χ0n) is 8.85. The summed E-state index contributed by atoms with van der Waals surface area (Å²) in [6.45, 7) is 0. The first-order valence-corrected chi connectivity index (χ1v) is 6.27. The van der Waals surface area contributed by atoms with Crippen molar-refractivity contribution in [2.45, 2.75) is 31.7 Å². The zero-order chi connectivity index (χ0) is 11.7. The number of hydrogen-bond acceptors (Lipinski definition) is 1. The number of hydrogen-bond donors (Lipinski definition) is 1. The van der Waals surface area contributed by atoms with Crippen molar-refractivity contribution in [3.63, 3.8) is 0 Å². The second kappa shape index (κ2) is 4.80. The van der Waals surface area contributed by atoms with Crippen molar-refractivity contribution < 1.29 is 8.78 Å². The summed E-state index contributed by atoms with van der Waals surface area (Å²) in [5.41, 5.74) is 6.07. The smallest absolute Gasteiger partial charge is 0.143 e. The molecular formula is C12H14BrF2N. The van der Waals surface area contributed by atoms with Crippen molar-refractivity contribution in [1.82, 2.24) is 0 Å². The fraction of sp³-hybridized carbons (Fsp3) is 0.500. The molecule has 0 aromatic heterocycles. The van der Waals surface area contributed by atoms with Crippen molar-refractivity contribution in [2.24, 2.45) is 11.7 Å². The third-order valence-electron chi connectivity index (χ3n) is 3.32. The molecule has 2 unspecified atom stereocenters. The van der Waals surface area contributed by atoms with Crippen molar-refractivity contribution >= 4 is 15.9 Å². The molecule has 1 aliphatic rings. The molecule has 2 atom stereocenters. The van der Waals surface area contributed by atoms with Gasteiger partial charge >= 0.3 is 0 Å². The molecule has 1 fully saturated rings. The summed E-state index contributed by atoms with van der Waals surface area (Å²) in [6, 6.07) is 2.77. The Morgan fingerprint density at radius 2 is 2.06 bits per heavy atom. The van der Waals surface area contributed by atoms with Crippen molar-refractivity contribution in [1.29, 1.82) is 0 Å². The quantitative estimate of drug-likeness (QED) is 0.830. The average molecular weight is 290 g/mol. The molecule has 1 aromatic carbocycles. The van der Waals surface area contributed by atoms with Crippen LogP contribution in [0.15, 0.2) is 16.6 Å². The number of benzene rings is 1. The normalized spacial score (nSPS) is 25.0. The second-order valence-corrected chi connectivity index (χ2v) is 5.24. The van der Waals surface area contributed by atoms with Gasteiger partial charge < -0.3 is 5.73 Å². The predicted octanol–water partition coefficient (Wildman–Crippen LogP) is 3.40. The molecule has 4 heteroatoms. The van der Waals surface area contributed by atoms with E-state index in [1.807, 2.05) is 0 Å². The Kier molecular flexibility index (Phi) is 3.60. The maximum atomic E-state index is 13.7. The molecule has 1 aliphatic carbocycles. The number of nitrogens with two attached hydrogens (primary N) is 1. The molecule has 0 aliphatic heterocycles.